The number of fused-ring (bicyclic) bond motifs is 2. The van der Waals surface area contributed by atoms with Crippen LogP contribution in [0.5, 0.6) is 11.5 Å². The number of aromatic nitrogens is 2. The summed E-state index contributed by atoms with van der Waals surface area (Å²) in [5, 5.41) is 0. The van der Waals surface area contributed by atoms with E-state index in [0.717, 1.165) is 34.6 Å². The van der Waals surface area contributed by atoms with Gasteiger partial charge in [0.2, 0.25) is 0 Å². The summed E-state index contributed by atoms with van der Waals surface area (Å²) in [6, 6.07) is 6.05. The van der Waals surface area contributed by atoms with Crippen molar-refractivity contribution in [3.63, 3.8) is 0 Å². The Bertz CT molecular complexity index is 630. The molecule has 2 saturated carbocycles. The van der Waals surface area contributed by atoms with E-state index in [9.17, 15) is 0 Å². The van der Waals surface area contributed by atoms with Gasteiger partial charge in [0.15, 0.2) is 11.5 Å². The van der Waals surface area contributed by atoms with Gasteiger partial charge in [-0.05, 0) is 55.7 Å². The number of hydrogen-bond donors (Lipinski definition) is 1. The van der Waals surface area contributed by atoms with Gasteiger partial charge in [0.1, 0.15) is 6.10 Å². The number of nitrogens with zero attached hydrogens (tertiary/aromatic N) is 1. The van der Waals surface area contributed by atoms with Crippen molar-refractivity contribution in [2.75, 3.05) is 7.11 Å². The Labute approximate surface area is 136 Å². The molecule has 2 bridgehead atoms. The van der Waals surface area contributed by atoms with E-state index in [-0.39, 0.29) is 12.4 Å². The molecular formula is C17H21ClN2O2. The SMILES string of the molecule is COc1ccc(-c2cnc[nH]2)cc1OC1CC2CCC1C2.Cl. The molecule has 2 aromatic rings. The lowest BCUT2D eigenvalue weighted by Crippen LogP contribution is -2.23. The lowest BCUT2D eigenvalue weighted by molar-refractivity contribution is 0.133. The molecule has 0 amide bonds. The third-order valence-corrected chi connectivity index (χ3v) is 4.92. The summed E-state index contributed by atoms with van der Waals surface area (Å²) >= 11 is 0. The molecule has 3 unspecified atom stereocenters. The first-order valence-electron chi connectivity index (χ1n) is 7.67. The van der Waals surface area contributed by atoms with Crippen LogP contribution in [0, 0.1) is 11.8 Å². The third kappa shape index (κ3) is 2.68. The van der Waals surface area contributed by atoms with Crippen molar-refractivity contribution in [1.82, 2.24) is 9.97 Å². The highest BCUT2D eigenvalue weighted by atomic mass is 35.5. The van der Waals surface area contributed by atoms with E-state index in [0.29, 0.717) is 6.10 Å². The molecule has 1 aromatic heterocycles. The summed E-state index contributed by atoms with van der Waals surface area (Å²) < 4.78 is 11.8. The summed E-state index contributed by atoms with van der Waals surface area (Å²) in [6.07, 6.45) is 9.11. The number of ether oxygens (including phenoxy) is 2. The molecule has 3 atom stereocenters. The van der Waals surface area contributed by atoms with Gasteiger partial charge >= 0.3 is 0 Å². The highest BCUT2D eigenvalue weighted by Gasteiger charge is 2.41. The monoisotopic (exact) mass is 320 g/mol. The van der Waals surface area contributed by atoms with Gasteiger partial charge in [-0.2, -0.15) is 0 Å². The average molecular weight is 321 g/mol. The van der Waals surface area contributed by atoms with E-state index in [2.05, 4.69) is 16.0 Å². The molecule has 1 N–H and O–H groups in total. The van der Waals surface area contributed by atoms with Gasteiger partial charge in [-0.1, -0.05) is 0 Å². The number of imidazole rings is 1. The van der Waals surface area contributed by atoms with Crippen molar-refractivity contribution in [1.29, 1.82) is 0 Å². The highest BCUT2D eigenvalue weighted by Crippen LogP contribution is 2.47. The van der Waals surface area contributed by atoms with Crippen LogP contribution in [-0.2, 0) is 0 Å². The molecule has 0 saturated heterocycles. The maximum atomic E-state index is 6.31. The Morgan fingerprint density at radius 2 is 2.09 bits per heavy atom. The third-order valence-electron chi connectivity index (χ3n) is 4.92. The van der Waals surface area contributed by atoms with Crippen molar-refractivity contribution in [2.24, 2.45) is 11.8 Å². The standard InChI is InChI=1S/C17H20N2O2.ClH/c1-20-15-5-4-12(14-9-18-10-19-14)8-17(15)21-16-7-11-2-3-13(16)6-11;/h4-5,8-11,13,16H,2-3,6-7H2,1H3,(H,18,19);1H. The normalized spacial score (nSPS) is 25.8. The van der Waals surface area contributed by atoms with Crippen molar-refractivity contribution >= 4 is 12.4 Å². The maximum Gasteiger partial charge on any atom is 0.162 e. The molecule has 2 aliphatic rings. The summed E-state index contributed by atoms with van der Waals surface area (Å²) in [4.78, 5) is 7.21. The Kier molecular flexibility index (Phi) is 4.30. The molecule has 5 heteroatoms. The van der Waals surface area contributed by atoms with Crippen LogP contribution in [0.4, 0.5) is 0 Å². The van der Waals surface area contributed by atoms with Crippen LogP contribution in [0.3, 0.4) is 0 Å². The number of aromatic amines is 1. The van der Waals surface area contributed by atoms with Crippen LogP contribution in [0.2, 0.25) is 0 Å². The quantitative estimate of drug-likeness (QED) is 0.923. The van der Waals surface area contributed by atoms with Gasteiger partial charge in [-0.3, -0.25) is 0 Å². The molecule has 0 aliphatic heterocycles. The van der Waals surface area contributed by atoms with E-state index in [1.54, 1.807) is 13.4 Å². The largest absolute Gasteiger partial charge is 0.493 e. The van der Waals surface area contributed by atoms with Crippen LogP contribution in [0.25, 0.3) is 11.3 Å². The molecule has 2 aliphatic carbocycles. The van der Waals surface area contributed by atoms with Crippen molar-refractivity contribution in [3.05, 3.63) is 30.7 Å². The number of nitrogens with one attached hydrogen (secondary N) is 1. The molecule has 0 spiro atoms. The Morgan fingerprint density at radius 3 is 2.73 bits per heavy atom. The molecule has 1 aromatic carbocycles. The summed E-state index contributed by atoms with van der Waals surface area (Å²) in [5.74, 6) is 3.26. The second-order valence-electron chi connectivity index (χ2n) is 6.16. The first-order valence-corrected chi connectivity index (χ1v) is 7.67. The Morgan fingerprint density at radius 1 is 1.18 bits per heavy atom. The van der Waals surface area contributed by atoms with E-state index in [4.69, 9.17) is 9.47 Å². The van der Waals surface area contributed by atoms with E-state index in [1.807, 2.05) is 18.3 Å². The number of hydrogen-bond acceptors (Lipinski definition) is 3. The molecule has 4 nitrogen and oxygen atoms in total. The van der Waals surface area contributed by atoms with Gasteiger partial charge in [-0.25, -0.2) is 4.98 Å². The molecule has 1 heterocycles. The topological polar surface area (TPSA) is 47.1 Å². The van der Waals surface area contributed by atoms with Crippen LogP contribution in [-0.4, -0.2) is 23.2 Å². The van der Waals surface area contributed by atoms with Crippen LogP contribution in [0.1, 0.15) is 25.7 Å². The minimum atomic E-state index is 0. The Hall–Kier alpha value is -1.68. The second kappa shape index (κ2) is 6.21. The zero-order valence-corrected chi connectivity index (χ0v) is 13.4. The molecule has 118 valence electrons. The fourth-order valence-electron chi connectivity index (χ4n) is 3.84. The first kappa shape index (κ1) is 15.2. The van der Waals surface area contributed by atoms with Crippen LogP contribution >= 0.6 is 12.4 Å². The molecule has 2 fully saturated rings. The molecule has 22 heavy (non-hydrogen) atoms. The summed E-state index contributed by atoms with van der Waals surface area (Å²) in [7, 11) is 1.69. The minimum absolute atomic E-state index is 0. The molecular weight excluding hydrogens is 300 g/mol. The number of H-pyrrole nitrogens is 1. The smallest absolute Gasteiger partial charge is 0.162 e. The van der Waals surface area contributed by atoms with Crippen LogP contribution in [0.15, 0.2) is 30.7 Å². The van der Waals surface area contributed by atoms with Crippen molar-refractivity contribution in [2.45, 2.75) is 31.8 Å². The Balaban J connectivity index is 0.00000144. The number of methoxy groups -OCH3 is 1. The second-order valence-corrected chi connectivity index (χ2v) is 6.16. The van der Waals surface area contributed by atoms with Gasteiger partial charge < -0.3 is 14.5 Å². The van der Waals surface area contributed by atoms with E-state index < -0.39 is 0 Å². The number of halogens is 1. The van der Waals surface area contributed by atoms with Gasteiger partial charge in [-0.15, -0.1) is 12.4 Å². The molecule has 0 radical (unpaired) electrons. The van der Waals surface area contributed by atoms with Gasteiger partial charge in [0.05, 0.1) is 25.3 Å². The highest BCUT2D eigenvalue weighted by molar-refractivity contribution is 5.85. The maximum absolute atomic E-state index is 6.31. The number of benzene rings is 1. The minimum Gasteiger partial charge on any atom is -0.493 e. The fraction of sp³-hybridized carbons (Fsp3) is 0.471. The lowest BCUT2D eigenvalue weighted by Gasteiger charge is -2.24. The van der Waals surface area contributed by atoms with Gasteiger partial charge in [0.25, 0.3) is 0 Å². The average Bonchev–Trinajstić information content (AvgIpc) is 3.24. The predicted molar refractivity (Wildman–Crippen MR) is 87.7 cm³/mol. The van der Waals surface area contributed by atoms with Crippen molar-refractivity contribution < 1.29 is 9.47 Å². The summed E-state index contributed by atoms with van der Waals surface area (Å²) in [6.45, 7) is 0. The molecule has 4 rings (SSSR count). The van der Waals surface area contributed by atoms with Crippen LogP contribution < -0.4 is 9.47 Å². The van der Waals surface area contributed by atoms with E-state index in [1.165, 1.54) is 25.7 Å². The summed E-state index contributed by atoms with van der Waals surface area (Å²) in [5.41, 5.74) is 2.07. The zero-order valence-electron chi connectivity index (χ0n) is 12.6. The predicted octanol–water partition coefficient (Wildman–Crippen LogP) is 4.07. The van der Waals surface area contributed by atoms with Crippen molar-refractivity contribution in [3.8, 4) is 22.8 Å². The van der Waals surface area contributed by atoms with Gasteiger partial charge in [0, 0.05) is 5.56 Å². The zero-order chi connectivity index (χ0) is 14.2. The number of rotatable bonds is 4. The lowest BCUT2D eigenvalue weighted by atomic mass is 9.97. The fourth-order valence-corrected chi connectivity index (χ4v) is 3.84. The van der Waals surface area contributed by atoms with E-state index >= 15 is 0 Å². The first-order chi connectivity index (χ1) is 10.3.